The molecule has 0 bridgehead atoms. The van der Waals surface area contributed by atoms with Gasteiger partial charge in [-0.1, -0.05) is 6.07 Å². The van der Waals surface area contributed by atoms with Gasteiger partial charge in [-0.15, -0.1) is 0 Å². The second-order valence-corrected chi connectivity index (χ2v) is 5.41. The number of phenolic OH excluding ortho intramolecular Hbond substituents is 1. The van der Waals surface area contributed by atoms with Crippen LogP contribution in [0.5, 0.6) is 5.75 Å². The van der Waals surface area contributed by atoms with E-state index in [0.29, 0.717) is 0 Å². The Morgan fingerprint density at radius 2 is 1.82 bits per heavy atom. The van der Waals surface area contributed by atoms with Gasteiger partial charge in [0.15, 0.2) is 0 Å². The van der Waals surface area contributed by atoms with Crippen molar-refractivity contribution in [1.82, 2.24) is 0 Å². The first-order valence-electron chi connectivity index (χ1n) is 7.49. The number of aryl methyl sites for hydroxylation is 1. The van der Waals surface area contributed by atoms with E-state index in [9.17, 15) is 5.11 Å². The smallest absolute Gasteiger partial charge is 0.115 e. The summed E-state index contributed by atoms with van der Waals surface area (Å²) in [6, 6.07) is 13.3. The Morgan fingerprint density at radius 1 is 1.09 bits per heavy atom. The normalized spacial score (nSPS) is 15.4. The van der Waals surface area contributed by atoms with Gasteiger partial charge >= 0.3 is 0 Å². The Kier molecular flexibility index (Phi) is 4.39. The molecule has 3 rings (SSSR count). The molecule has 22 heavy (non-hydrogen) atoms. The highest BCUT2D eigenvalue weighted by Gasteiger charge is 2.11. The van der Waals surface area contributed by atoms with E-state index in [4.69, 9.17) is 4.74 Å². The molecule has 1 heterocycles. The fourth-order valence-electron chi connectivity index (χ4n) is 2.51. The molecular weight excluding hydrogens is 276 g/mol. The molecule has 0 aromatic heterocycles. The van der Waals surface area contributed by atoms with Gasteiger partial charge in [0.2, 0.25) is 0 Å². The van der Waals surface area contributed by atoms with Crippen LogP contribution in [0, 0.1) is 6.92 Å². The first kappa shape index (κ1) is 14.6. The minimum atomic E-state index is 0.255. The Hall–Kier alpha value is -2.33. The van der Waals surface area contributed by atoms with Crippen LogP contribution in [0.3, 0.4) is 0 Å². The molecular formula is C18H20N2O2. The third-order valence-electron chi connectivity index (χ3n) is 3.83. The van der Waals surface area contributed by atoms with Crippen molar-refractivity contribution in [1.29, 1.82) is 0 Å². The molecule has 4 heteroatoms. The summed E-state index contributed by atoms with van der Waals surface area (Å²) in [5, 5.41) is 9.27. The van der Waals surface area contributed by atoms with E-state index in [0.717, 1.165) is 37.6 Å². The van der Waals surface area contributed by atoms with E-state index in [2.05, 4.69) is 35.0 Å². The molecule has 1 saturated heterocycles. The zero-order valence-corrected chi connectivity index (χ0v) is 12.7. The quantitative estimate of drug-likeness (QED) is 0.884. The molecule has 0 saturated carbocycles. The van der Waals surface area contributed by atoms with Gasteiger partial charge in [-0.05, 0) is 54.4 Å². The van der Waals surface area contributed by atoms with E-state index in [-0.39, 0.29) is 5.75 Å². The Labute approximate surface area is 130 Å². The molecule has 2 aromatic rings. The monoisotopic (exact) mass is 296 g/mol. The van der Waals surface area contributed by atoms with Gasteiger partial charge in [-0.3, -0.25) is 4.99 Å². The maximum atomic E-state index is 9.27. The lowest BCUT2D eigenvalue weighted by atomic mass is 10.1. The molecule has 1 N–H and O–H groups in total. The Balaban J connectivity index is 1.75. The average molecular weight is 296 g/mol. The van der Waals surface area contributed by atoms with Gasteiger partial charge in [-0.2, -0.15) is 0 Å². The number of nitrogens with zero attached hydrogens (tertiary/aromatic N) is 2. The number of anilines is 1. The summed E-state index contributed by atoms with van der Waals surface area (Å²) in [5.74, 6) is 0.255. The Bertz CT molecular complexity index is 659. The van der Waals surface area contributed by atoms with E-state index >= 15 is 0 Å². The molecule has 0 unspecified atom stereocenters. The van der Waals surface area contributed by atoms with Gasteiger partial charge < -0.3 is 14.7 Å². The van der Waals surface area contributed by atoms with Crippen LogP contribution in [-0.4, -0.2) is 37.6 Å². The largest absolute Gasteiger partial charge is 0.508 e. The van der Waals surface area contributed by atoms with Gasteiger partial charge in [0.05, 0.1) is 18.9 Å². The van der Waals surface area contributed by atoms with Gasteiger partial charge in [0, 0.05) is 25.0 Å². The van der Waals surface area contributed by atoms with Crippen LogP contribution < -0.4 is 4.90 Å². The minimum absolute atomic E-state index is 0.255. The van der Waals surface area contributed by atoms with Crippen molar-refractivity contribution in [3.8, 4) is 5.75 Å². The number of morpholine rings is 1. The van der Waals surface area contributed by atoms with Crippen molar-refractivity contribution in [2.24, 2.45) is 4.99 Å². The number of rotatable bonds is 3. The van der Waals surface area contributed by atoms with Gasteiger partial charge in [-0.25, -0.2) is 0 Å². The molecule has 0 aliphatic carbocycles. The van der Waals surface area contributed by atoms with Gasteiger partial charge in [0.25, 0.3) is 0 Å². The van der Waals surface area contributed by atoms with E-state index in [1.54, 1.807) is 24.3 Å². The number of aromatic hydroxyl groups is 1. The first-order chi connectivity index (χ1) is 10.7. The SMILES string of the molecule is Cc1cc(N2CCOCC2)ccc1C=Nc1ccc(O)cc1. The molecule has 0 amide bonds. The predicted octanol–water partition coefficient (Wildman–Crippen LogP) is 3.29. The topological polar surface area (TPSA) is 45.1 Å². The zero-order chi connectivity index (χ0) is 15.4. The van der Waals surface area contributed by atoms with Crippen molar-refractivity contribution in [3.05, 3.63) is 53.6 Å². The second-order valence-electron chi connectivity index (χ2n) is 5.41. The lowest BCUT2D eigenvalue weighted by molar-refractivity contribution is 0.122. The van der Waals surface area contributed by atoms with Crippen LogP contribution >= 0.6 is 0 Å². The minimum Gasteiger partial charge on any atom is -0.508 e. The van der Waals surface area contributed by atoms with Crippen molar-refractivity contribution in [2.75, 3.05) is 31.2 Å². The van der Waals surface area contributed by atoms with E-state index < -0.39 is 0 Å². The van der Waals surface area contributed by atoms with Crippen LogP contribution in [-0.2, 0) is 4.74 Å². The summed E-state index contributed by atoms with van der Waals surface area (Å²) in [4.78, 5) is 6.80. The van der Waals surface area contributed by atoms with E-state index in [1.807, 2.05) is 6.21 Å². The highest BCUT2D eigenvalue weighted by molar-refractivity contribution is 5.84. The number of aliphatic imine (C=N–C) groups is 1. The maximum absolute atomic E-state index is 9.27. The molecule has 4 nitrogen and oxygen atoms in total. The number of hydrogen-bond acceptors (Lipinski definition) is 4. The molecule has 0 spiro atoms. The number of benzene rings is 2. The highest BCUT2D eigenvalue weighted by Crippen LogP contribution is 2.21. The molecule has 2 aromatic carbocycles. The van der Waals surface area contributed by atoms with Crippen LogP contribution in [0.2, 0.25) is 0 Å². The molecule has 1 aliphatic heterocycles. The van der Waals surface area contributed by atoms with Crippen LogP contribution in [0.1, 0.15) is 11.1 Å². The second kappa shape index (κ2) is 6.62. The summed E-state index contributed by atoms with van der Waals surface area (Å²) >= 11 is 0. The Morgan fingerprint density at radius 3 is 2.50 bits per heavy atom. The van der Waals surface area contributed by atoms with Crippen LogP contribution in [0.25, 0.3) is 0 Å². The van der Waals surface area contributed by atoms with Crippen LogP contribution in [0.4, 0.5) is 11.4 Å². The maximum Gasteiger partial charge on any atom is 0.115 e. The zero-order valence-electron chi connectivity index (χ0n) is 12.7. The lowest BCUT2D eigenvalue weighted by Crippen LogP contribution is -2.36. The number of hydrogen-bond donors (Lipinski definition) is 1. The summed E-state index contributed by atoms with van der Waals surface area (Å²) in [6.45, 7) is 5.58. The lowest BCUT2D eigenvalue weighted by Gasteiger charge is -2.29. The molecule has 1 fully saturated rings. The summed E-state index contributed by atoms with van der Waals surface area (Å²) < 4.78 is 5.39. The predicted molar refractivity (Wildman–Crippen MR) is 89.6 cm³/mol. The highest BCUT2D eigenvalue weighted by atomic mass is 16.5. The third kappa shape index (κ3) is 3.46. The summed E-state index contributed by atoms with van der Waals surface area (Å²) in [6.07, 6.45) is 1.87. The van der Waals surface area contributed by atoms with Gasteiger partial charge in [0.1, 0.15) is 5.75 Å². The van der Waals surface area contributed by atoms with Crippen molar-refractivity contribution in [2.45, 2.75) is 6.92 Å². The molecule has 0 atom stereocenters. The molecule has 0 radical (unpaired) electrons. The fraction of sp³-hybridized carbons (Fsp3) is 0.278. The third-order valence-corrected chi connectivity index (χ3v) is 3.83. The average Bonchev–Trinajstić information content (AvgIpc) is 2.56. The summed E-state index contributed by atoms with van der Waals surface area (Å²) in [7, 11) is 0. The van der Waals surface area contributed by atoms with Crippen molar-refractivity contribution < 1.29 is 9.84 Å². The molecule has 114 valence electrons. The fourth-order valence-corrected chi connectivity index (χ4v) is 2.51. The number of phenols is 1. The summed E-state index contributed by atoms with van der Waals surface area (Å²) in [5.41, 5.74) is 4.37. The number of ether oxygens (including phenoxy) is 1. The first-order valence-corrected chi connectivity index (χ1v) is 7.49. The van der Waals surface area contributed by atoms with Crippen LogP contribution in [0.15, 0.2) is 47.5 Å². The molecule has 1 aliphatic rings. The van der Waals surface area contributed by atoms with Crippen molar-refractivity contribution >= 4 is 17.6 Å². The standard InChI is InChI=1S/C18H20N2O2/c1-14-12-17(20-8-10-22-11-9-20)5-2-15(14)13-19-16-3-6-18(21)7-4-16/h2-7,12-13,21H,8-11H2,1H3. The van der Waals surface area contributed by atoms with E-state index in [1.165, 1.54) is 11.3 Å². The van der Waals surface area contributed by atoms with Crippen molar-refractivity contribution in [3.63, 3.8) is 0 Å².